The molecule has 6 heteroatoms. The van der Waals surface area contributed by atoms with Crippen molar-refractivity contribution in [2.75, 3.05) is 21.3 Å². The average molecular weight is 444 g/mol. The van der Waals surface area contributed by atoms with Gasteiger partial charge in [-0.25, -0.2) is 4.79 Å². The number of carbonyl (C=O) groups is 2. The third-order valence-electron chi connectivity index (χ3n) is 4.68. The maximum atomic E-state index is 12.5. The van der Waals surface area contributed by atoms with E-state index in [9.17, 15) is 9.59 Å². The highest BCUT2D eigenvalue weighted by atomic mass is 16.5. The fourth-order valence-corrected chi connectivity index (χ4v) is 3.03. The number of ether oxygens (including phenoxy) is 4. The minimum Gasteiger partial charge on any atom is -0.493 e. The summed E-state index contributed by atoms with van der Waals surface area (Å²) in [6, 6.07) is 19.3. The fraction of sp³-hybridized carbons (Fsp3) is 0.111. The molecule has 3 rings (SSSR count). The second kappa shape index (κ2) is 11.3. The molecule has 0 spiro atoms. The standard InChI is InChI=1S/C27H24O6/c1-30-24-17-20(18-25(31-2)27(24)32-3)9-15-23(28)21-11-13-22(14-12-21)33-26(29)16-10-19-7-5-4-6-8-19/h4-18H,1-3H3/b15-9+,16-10+. The molecule has 0 bridgehead atoms. The Hall–Kier alpha value is -4.32. The molecule has 0 amide bonds. The summed E-state index contributed by atoms with van der Waals surface area (Å²) in [5, 5.41) is 0. The van der Waals surface area contributed by atoms with E-state index in [0.717, 1.165) is 5.56 Å². The molecule has 0 aromatic heterocycles. The average Bonchev–Trinajstić information content (AvgIpc) is 2.86. The predicted octanol–water partition coefficient (Wildman–Crippen LogP) is 5.23. The highest BCUT2D eigenvalue weighted by Gasteiger charge is 2.12. The van der Waals surface area contributed by atoms with E-state index in [4.69, 9.17) is 18.9 Å². The molecule has 3 aromatic carbocycles. The second-order valence-electron chi connectivity index (χ2n) is 6.85. The molecule has 0 aliphatic carbocycles. The van der Waals surface area contributed by atoms with E-state index in [-0.39, 0.29) is 5.78 Å². The van der Waals surface area contributed by atoms with Gasteiger partial charge in [-0.05, 0) is 59.7 Å². The Bertz CT molecular complexity index is 1140. The monoisotopic (exact) mass is 444 g/mol. The van der Waals surface area contributed by atoms with Crippen molar-refractivity contribution in [2.45, 2.75) is 0 Å². The maximum absolute atomic E-state index is 12.5. The lowest BCUT2D eigenvalue weighted by Gasteiger charge is -2.12. The summed E-state index contributed by atoms with van der Waals surface area (Å²) in [6.07, 6.45) is 6.14. The first-order valence-electron chi connectivity index (χ1n) is 10.1. The van der Waals surface area contributed by atoms with Gasteiger partial charge < -0.3 is 18.9 Å². The van der Waals surface area contributed by atoms with Crippen molar-refractivity contribution < 1.29 is 28.5 Å². The first kappa shape index (κ1) is 23.3. The zero-order chi connectivity index (χ0) is 23.6. The van der Waals surface area contributed by atoms with Gasteiger partial charge in [-0.15, -0.1) is 0 Å². The van der Waals surface area contributed by atoms with Crippen LogP contribution in [0.15, 0.2) is 78.9 Å². The number of hydrogen-bond donors (Lipinski definition) is 0. The lowest BCUT2D eigenvalue weighted by atomic mass is 10.1. The van der Waals surface area contributed by atoms with Gasteiger partial charge in [0.1, 0.15) is 5.75 Å². The first-order chi connectivity index (χ1) is 16.0. The van der Waals surface area contributed by atoms with Gasteiger partial charge in [-0.3, -0.25) is 4.79 Å². The molecule has 0 unspecified atom stereocenters. The molecule has 168 valence electrons. The molecule has 33 heavy (non-hydrogen) atoms. The summed E-state index contributed by atoms with van der Waals surface area (Å²) in [6.45, 7) is 0. The van der Waals surface area contributed by atoms with E-state index in [1.54, 1.807) is 48.6 Å². The van der Waals surface area contributed by atoms with Crippen molar-refractivity contribution in [3.05, 3.63) is 95.6 Å². The molecule has 0 saturated carbocycles. The number of carbonyl (C=O) groups excluding carboxylic acids is 2. The van der Waals surface area contributed by atoms with Crippen LogP contribution in [0.3, 0.4) is 0 Å². The minimum absolute atomic E-state index is 0.203. The number of rotatable bonds is 9. The van der Waals surface area contributed by atoms with E-state index in [1.165, 1.54) is 33.5 Å². The molecule has 0 aliphatic heterocycles. The summed E-state index contributed by atoms with van der Waals surface area (Å²) in [5.74, 6) is 1.12. The van der Waals surface area contributed by atoms with E-state index in [0.29, 0.717) is 34.1 Å². The maximum Gasteiger partial charge on any atom is 0.336 e. The Balaban J connectivity index is 1.65. The van der Waals surface area contributed by atoms with Gasteiger partial charge in [-0.1, -0.05) is 36.4 Å². The van der Waals surface area contributed by atoms with Crippen LogP contribution in [-0.2, 0) is 4.79 Å². The molecule has 0 aliphatic rings. The second-order valence-corrected chi connectivity index (χ2v) is 6.85. The Morgan fingerprint density at radius 3 is 1.88 bits per heavy atom. The Kier molecular flexibility index (Phi) is 8.02. The largest absolute Gasteiger partial charge is 0.493 e. The molecule has 0 atom stereocenters. The van der Waals surface area contributed by atoms with Crippen LogP contribution in [0.4, 0.5) is 0 Å². The van der Waals surface area contributed by atoms with Crippen LogP contribution in [0.2, 0.25) is 0 Å². The van der Waals surface area contributed by atoms with E-state index >= 15 is 0 Å². The molecular formula is C27H24O6. The van der Waals surface area contributed by atoms with Gasteiger partial charge in [-0.2, -0.15) is 0 Å². The minimum atomic E-state index is -0.500. The molecule has 0 fully saturated rings. The number of allylic oxidation sites excluding steroid dienone is 1. The topological polar surface area (TPSA) is 71.1 Å². The van der Waals surface area contributed by atoms with Crippen LogP contribution in [0.5, 0.6) is 23.0 Å². The summed E-state index contributed by atoms with van der Waals surface area (Å²) >= 11 is 0. The summed E-state index contributed by atoms with van der Waals surface area (Å²) < 4.78 is 21.2. The normalized spacial score (nSPS) is 10.9. The van der Waals surface area contributed by atoms with Crippen LogP contribution in [0, 0.1) is 0 Å². The molecule has 3 aromatic rings. The Morgan fingerprint density at radius 1 is 0.697 bits per heavy atom. The molecular weight excluding hydrogens is 420 g/mol. The smallest absolute Gasteiger partial charge is 0.336 e. The predicted molar refractivity (Wildman–Crippen MR) is 127 cm³/mol. The number of hydrogen-bond acceptors (Lipinski definition) is 6. The van der Waals surface area contributed by atoms with Crippen molar-refractivity contribution >= 4 is 23.9 Å². The number of benzene rings is 3. The quantitative estimate of drug-likeness (QED) is 0.195. The van der Waals surface area contributed by atoms with Crippen molar-refractivity contribution in [3.8, 4) is 23.0 Å². The van der Waals surface area contributed by atoms with Crippen molar-refractivity contribution in [2.24, 2.45) is 0 Å². The van der Waals surface area contributed by atoms with Gasteiger partial charge in [0.25, 0.3) is 0 Å². The SMILES string of the molecule is COc1cc(/C=C/C(=O)c2ccc(OC(=O)/C=C/c3ccccc3)cc2)cc(OC)c1OC. The van der Waals surface area contributed by atoms with E-state index < -0.39 is 5.97 Å². The highest BCUT2D eigenvalue weighted by Crippen LogP contribution is 2.38. The zero-order valence-corrected chi connectivity index (χ0v) is 18.6. The third-order valence-corrected chi connectivity index (χ3v) is 4.68. The van der Waals surface area contributed by atoms with Crippen LogP contribution >= 0.6 is 0 Å². The van der Waals surface area contributed by atoms with Gasteiger partial charge in [0.2, 0.25) is 5.75 Å². The Morgan fingerprint density at radius 2 is 1.30 bits per heavy atom. The van der Waals surface area contributed by atoms with E-state index in [1.807, 2.05) is 30.3 Å². The van der Waals surface area contributed by atoms with Crippen molar-refractivity contribution in [1.82, 2.24) is 0 Å². The lowest BCUT2D eigenvalue weighted by Crippen LogP contribution is -2.04. The summed E-state index contributed by atoms with van der Waals surface area (Å²) in [4.78, 5) is 24.5. The van der Waals surface area contributed by atoms with Crippen LogP contribution in [0.25, 0.3) is 12.2 Å². The van der Waals surface area contributed by atoms with E-state index in [2.05, 4.69) is 0 Å². The van der Waals surface area contributed by atoms with Crippen LogP contribution < -0.4 is 18.9 Å². The molecule has 0 N–H and O–H groups in total. The molecule has 0 heterocycles. The van der Waals surface area contributed by atoms with Gasteiger partial charge >= 0.3 is 5.97 Å². The lowest BCUT2D eigenvalue weighted by molar-refractivity contribution is -0.128. The summed E-state index contributed by atoms with van der Waals surface area (Å²) in [5.41, 5.74) is 2.07. The molecule has 0 radical (unpaired) electrons. The summed E-state index contributed by atoms with van der Waals surface area (Å²) in [7, 11) is 4.59. The van der Waals surface area contributed by atoms with Crippen molar-refractivity contribution in [1.29, 1.82) is 0 Å². The van der Waals surface area contributed by atoms with Gasteiger partial charge in [0.05, 0.1) is 21.3 Å². The molecule has 6 nitrogen and oxygen atoms in total. The number of ketones is 1. The van der Waals surface area contributed by atoms with Gasteiger partial charge in [0, 0.05) is 11.6 Å². The number of methoxy groups -OCH3 is 3. The highest BCUT2D eigenvalue weighted by molar-refractivity contribution is 6.07. The zero-order valence-electron chi connectivity index (χ0n) is 18.6. The third kappa shape index (κ3) is 6.33. The van der Waals surface area contributed by atoms with Crippen LogP contribution in [-0.4, -0.2) is 33.1 Å². The fourth-order valence-electron chi connectivity index (χ4n) is 3.03. The van der Waals surface area contributed by atoms with Crippen molar-refractivity contribution in [3.63, 3.8) is 0 Å². The number of esters is 1. The molecule has 0 saturated heterocycles. The Labute approximate surface area is 192 Å². The first-order valence-corrected chi connectivity index (χ1v) is 10.1. The van der Waals surface area contributed by atoms with Crippen LogP contribution in [0.1, 0.15) is 21.5 Å². The van der Waals surface area contributed by atoms with Gasteiger partial charge in [0.15, 0.2) is 17.3 Å².